The Morgan fingerprint density at radius 2 is 1.89 bits per heavy atom. The second-order valence-corrected chi connectivity index (χ2v) is 6.37. The van der Waals surface area contributed by atoms with E-state index in [-0.39, 0.29) is 11.9 Å². The molecule has 0 aliphatic carbocycles. The highest BCUT2D eigenvalue weighted by Gasteiger charge is 2.19. The highest BCUT2D eigenvalue weighted by molar-refractivity contribution is 6.07. The molecule has 0 radical (unpaired) electrons. The molecule has 0 saturated carbocycles. The second kappa shape index (κ2) is 6.92. The molecule has 0 spiro atoms. The van der Waals surface area contributed by atoms with Gasteiger partial charge in [0, 0.05) is 17.1 Å². The van der Waals surface area contributed by atoms with Gasteiger partial charge in [-0.3, -0.25) is 4.79 Å². The van der Waals surface area contributed by atoms with Crippen LogP contribution in [0.2, 0.25) is 0 Å². The zero-order chi connectivity index (χ0) is 18.8. The van der Waals surface area contributed by atoms with Gasteiger partial charge in [-0.05, 0) is 25.1 Å². The Labute approximate surface area is 156 Å². The number of nitrogens with zero attached hydrogens (tertiary/aromatic N) is 1. The van der Waals surface area contributed by atoms with Crippen LogP contribution in [-0.4, -0.2) is 23.1 Å². The predicted molar refractivity (Wildman–Crippen MR) is 104 cm³/mol. The van der Waals surface area contributed by atoms with Crippen molar-refractivity contribution in [3.8, 4) is 11.3 Å². The number of carbonyl (C=O) groups excluding carboxylic acids is 2. The Kier molecular flexibility index (Phi) is 4.30. The molecule has 0 unspecified atom stereocenters. The lowest BCUT2D eigenvalue weighted by atomic mass is 10.0. The first-order chi connectivity index (χ1) is 13.1. The number of amides is 3. The Balaban J connectivity index is 1.75. The van der Waals surface area contributed by atoms with Gasteiger partial charge in [0.1, 0.15) is 6.17 Å². The fourth-order valence-electron chi connectivity index (χ4n) is 2.99. The quantitative estimate of drug-likeness (QED) is 0.673. The zero-order valence-corrected chi connectivity index (χ0v) is 14.7. The molecular weight excluding hydrogens is 340 g/mol. The van der Waals surface area contributed by atoms with Crippen molar-refractivity contribution in [2.45, 2.75) is 13.1 Å². The van der Waals surface area contributed by atoms with Gasteiger partial charge in [0.05, 0.1) is 16.8 Å². The molecule has 3 aromatic rings. The maximum Gasteiger partial charge on any atom is 0.320 e. The van der Waals surface area contributed by atoms with E-state index in [4.69, 9.17) is 4.98 Å². The molecule has 1 atom stereocenters. The second-order valence-electron chi connectivity index (χ2n) is 6.37. The number of hydrogen-bond donors (Lipinski definition) is 3. The van der Waals surface area contributed by atoms with Gasteiger partial charge in [0.25, 0.3) is 5.91 Å². The predicted octanol–water partition coefficient (Wildman–Crippen LogP) is 3.09. The van der Waals surface area contributed by atoms with Crippen molar-refractivity contribution < 1.29 is 9.59 Å². The van der Waals surface area contributed by atoms with Crippen LogP contribution in [0.4, 0.5) is 4.79 Å². The molecule has 0 fully saturated rings. The summed E-state index contributed by atoms with van der Waals surface area (Å²) >= 11 is 0. The third-order valence-corrected chi connectivity index (χ3v) is 4.38. The molecule has 1 aliphatic heterocycles. The van der Waals surface area contributed by atoms with Crippen LogP contribution in [-0.2, 0) is 0 Å². The third-order valence-electron chi connectivity index (χ3n) is 4.38. The van der Waals surface area contributed by atoms with Crippen molar-refractivity contribution in [1.82, 2.24) is 20.9 Å². The van der Waals surface area contributed by atoms with Crippen molar-refractivity contribution in [2.24, 2.45) is 0 Å². The van der Waals surface area contributed by atoms with E-state index in [0.717, 1.165) is 27.7 Å². The van der Waals surface area contributed by atoms with E-state index in [1.165, 1.54) is 6.20 Å². The maximum absolute atomic E-state index is 12.9. The molecule has 134 valence electrons. The van der Waals surface area contributed by atoms with Crippen molar-refractivity contribution in [3.05, 3.63) is 78.0 Å². The number of para-hydroxylation sites is 1. The number of rotatable bonds is 3. The van der Waals surface area contributed by atoms with E-state index in [2.05, 4.69) is 16.0 Å². The molecule has 0 saturated heterocycles. The molecule has 1 aromatic heterocycles. The standard InChI is InChI=1S/C21H18N4O2/c1-13-6-8-14(9-7-13)18-12-16(15-4-2-3-5-17(15)23-18)20(26)24-19-10-11-22-21(27)25-19/h2-12,19H,1H3,(H,24,26)(H2,22,25,27)/t19-/m1/s1. The van der Waals surface area contributed by atoms with Gasteiger partial charge < -0.3 is 16.0 Å². The molecule has 0 bridgehead atoms. The van der Waals surface area contributed by atoms with E-state index in [0.29, 0.717) is 5.56 Å². The number of nitrogens with one attached hydrogen (secondary N) is 3. The van der Waals surface area contributed by atoms with Crippen molar-refractivity contribution >= 4 is 22.8 Å². The fraction of sp³-hybridized carbons (Fsp3) is 0.0952. The van der Waals surface area contributed by atoms with Gasteiger partial charge in [-0.25, -0.2) is 9.78 Å². The molecule has 2 heterocycles. The minimum Gasteiger partial charge on any atom is -0.328 e. The van der Waals surface area contributed by atoms with Gasteiger partial charge in [-0.15, -0.1) is 0 Å². The summed E-state index contributed by atoms with van der Waals surface area (Å²) in [4.78, 5) is 29.1. The van der Waals surface area contributed by atoms with Crippen LogP contribution in [0.25, 0.3) is 22.2 Å². The Bertz CT molecular complexity index is 1060. The smallest absolute Gasteiger partial charge is 0.320 e. The molecular formula is C21H18N4O2. The van der Waals surface area contributed by atoms with E-state index in [1.54, 1.807) is 12.1 Å². The number of carbonyl (C=O) groups is 2. The lowest BCUT2D eigenvalue weighted by molar-refractivity contribution is 0.0942. The SMILES string of the molecule is Cc1ccc(-c2cc(C(=O)N[C@H]3C=CNC(=O)N3)c3ccccc3n2)cc1. The van der Waals surface area contributed by atoms with Crippen molar-refractivity contribution in [3.63, 3.8) is 0 Å². The van der Waals surface area contributed by atoms with E-state index in [1.807, 2.05) is 55.5 Å². The summed E-state index contributed by atoms with van der Waals surface area (Å²) in [6.45, 7) is 2.03. The number of fused-ring (bicyclic) bond motifs is 1. The highest BCUT2D eigenvalue weighted by Crippen LogP contribution is 2.25. The molecule has 27 heavy (non-hydrogen) atoms. The first kappa shape index (κ1) is 16.8. The molecule has 6 heteroatoms. The van der Waals surface area contributed by atoms with Crippen LogP contribution in [0.5, 0.6) is 0 Å². The number of benzene rings is 2. The Morgan fingerprint density at radius 3 is 2.67 bits per heavy atom. The van der Waals surface area contributed by atoms with E-state index in [9.17, 15) is 9.59 Å². The summed E-state index contributed by atoms with van der Waals surface area (Å²) in [5.41, 5.74) is 4.08. The molecule has 2 aromatic carbocycles. The van der Waals surface area contributed by atoms with Crippen LogP contribution in [0.3, 0.4) is 0 Å². The monoisotopic (exact) mass is 358 g/mol. The number of aryl methyl sites for hydroxylation is 1. The lowest BCUT2D eigenvalue weighted by Crippen LogP contribution is -2.52. The molecule has 1 aliphatic rings. The highest BCUT2D eigenvalue weighted by atomic mass is 16.2. The summed E-state index contributed by atoms with van der Waals surface area (Å²) in [6, 6.07) is 17.0. The normalized spacial score (nSPS) is 15.9. The van der Waals surface area contributed by atoms with Crippen LogP contribution >= 0.6 is 0 Å². The summed E-state index contributed by atoms with van der Waals surface area (Å²) in [6.07, 6.45) is 2.61. The van der Waals surface area contributed by atoms with Crippen LogP contribution < -0.4 is 16.0 Å². The average molecular weight is 358 g/mol. The van der Waals surface area contributed by atoms with Crippen LogP contribution in [0.1, 0.15) is 15.9 Å². The summed E-state index contributed by atoms with van der Waals surface area (Å²) in [5, 5.41) is 8.71. The number of aromatic nitrogens is 1. The minimum absolute atomic E-state index is 0.279. The van der Waals surface area contributed by atoms with Gasteiger partial charge in [-0.1, -0.05) is 48.0 Å². The number of hydrogen-bond acceptors (Lipinski definition) is 3. The van der Waals surface area contributed by atoms with Gasteiger partial charge >= 0.3 is 6.03 Å². The lowest BCUT2D eigenvalue weighted by Gasteiger charge is -2.20. The molecule has 4 rings (SSSR count). The summed E-state index contributed by atoms with van der Waals surface area (Å²) < 4.78 is 0. The largest absolute Gasteiger partial charge is 0.328 e. The van der Waals surface area contributed by atoms with Crippen molar-refractivity contribution in [2.75, 3.05) is 0 Å². The summed E-state index contributed by atoms with van der Waals surface area (Å²) in [5.74, 6) is -0.279. The Morgan fingerprint density at radius 1 is 1.11 bits per heavy atom. The third kappa shape index (κ3) is 3.50. The fourth-order valence-corrected chi connectivity index (χ4v) is 2.99. The summed E-state index contributed by atoms with van der Waals surface area (Å²) in [7, 11) is 0. The van der Waals surface area contributed by atoms with Crippen LogP contribution in [0, 0.1) is 6.92 Å². The topological polar surface area (TPSA) is 83.1 Å². The van der Waals surface area contributed by atoms with E-state index >= 15 is 0 Å². The zero-order valence-electron chi connectivity index (χ0n) is 14.7. The number of urea groups is 1. The minimum atomic E-state index is -0.569. The molecule has 3 N–H and O–H groups in total. The van der Waals surface area contributed by atoms with E-state index < -0.39 is 6.17 Å². The van der Waals surface area contributed by atoms with Crippen molar-refractivity contribution in [1.29, 1.82) is 0 Å². The maximum atomic E-state index is 12.9. The molecule has 3 amide bonds. The average Bonchev–Trinajstić information content (AvgIpc) is 2.67. The van der Waals surface area contributed by atoms with Crippen LogP contribution in [0.15, 0.2) is 66.9 Å². The first-order valence-electron chi connectivity index (χ1n) is 8.61. The molecule has 6 nitrogen and oxygen atoms in total. The van der Waals surface area contributed by atoms with Gasteiger partial charge in [-0.2, -0.15) is 0 Å². The number of pyridine rings is 1. The van der Waals surface area contributed by atoms with Gasteiger partial charge in [0.15, 0.2) is 0 Å². The van der Waals surface area contributed by atoms with Gasteiger partial charge in [0.2, 0.25) is 0 Å². The first-order valence-corrected chi connectivity index (χ1v) is 8.61. The Hall–Kier alpha value is -3.67.